The summed E-state index contributed by atoms with van der Waals surface area (Å²) in [7, 11) is 0. The highest BCUT2D eigenvalue weighted by Gasteiger charge is 2.33. The molecule has 32 heavy (non-hydrogen) atoms. The van der Waals surface area contributed by atoms with Gasteiger partial charge < -0.3 is 20.7 Å². The predicted octanol–water partition coefficient (Wildman–Crippen LogP) is 1.87. The zero-order valence-electron chi connectivity index (χ0n) is 18.1. The molecule has 8 nitrogen and oxygen atoms in total. The average Bonchev–Trinajstić information content (AvgIpc) is 3.15. The number of piperazine rings is 1. The number of ketones is 1. The Morgan fingerprint density at radius 1 is 1.22 bits per heavy atom. The lowest BCUT2D eigenvalue weighted by atomic mass is 9.87. The summed E-state index contributed by atoms with van der Waals surface area (Å²) in [6.45, 7) is 4.45. The molecule has 2 heterocycles. The van der Waals surface area contributed by atoms with Crippen LogP contribution < -0.4 is 20.9 Å². The summed E-state index contributed by atoms with van der Waals surface area (Å²) in [6, 6.07) is 4.85. The highest BCUT2D eigenvalue weighted by molar-refractivity contribution is 7.80. The Hall–Kier alpha value is -2.46. The van der Waals surface area contributed by atoms with Crippen molar-refractivity contribution in [3.05, 3.63) is 24.0 Å². The van der Waals surface area contributed by atoms with Crippen molar-refractivity contribution in [1.82, 2.24) is 10.2 Å². The lowest BCUT2D eigenvalue weighted by Gasteiger charge is -2.38. The molecule has 2 atom stereocenters. The van der Waals surface area contributed by atoms with Gasteiger partial charge >= 0.3 is 6.09 Å². The van der Waals surface area contributed by atoms with Crippen LogP contribution in [0.1, 0.15) is 25.7 Å². The van der Waals surface area contributed by atoms with Gasteiger partial charge in [0.05, 0.1) is 24.5 Å². The molecule has 0 aromatic heterocycles. The summed E-state index contributed by atoms with van der Waals surface area (Å²) in [6.07, 6.45) is 2.94. The Morgan fingerprint density at radius 2 is 2.00 bits per heavy atom. The van der Waals surface area contributed by atoms with Crippen molar-refractivity contribution in [2.45, 2.75) is 31.8 Å². The minimum absolute atomic E-state index is 0.139. The van der Waals surface area contributed by atoms with Crippen molar-refractivity contribution in [3.8, 4) is 0 Å². The monoisotopic (exact) mass is 463 g/mol. The number of hydrogen-bond acceptors (Lipinski definition) is 6. The van der Waals surface area contributed by atoms with E-state index in [-0.39, 0.29) is 16.8 Å². The molecule has 0 radical (unpaired) electrons. The topological polar surface area (TPSA) is 91.1 Å². The van der Waals surface area contributed by atoms with E-state index in [0.29, 0.717) is 49.8 Å². The number of hydrogen-bond donors (Lipinski definition) is 2. The smallest absolute Gasteiger partial charge is 0.414 e. The fourth-order valence-electron chi connectivity index (χ4n) is 4.70. The SMILES string of the molecule is NC(=S)NC[C@H]1CN(c2ccc(N3CCN(CC4CCCCC4=O)CC3)c(F)c2)C(=O)O1. The second kappa shape index (κ2) is 9.99. The summed E-state index contributed by atoms with van der Waals surface area (Å²) in [5, 5.41) is 2.92. The van der Waals surface area contributed by atoms with Crippen LogP contribution in [-0.2, 0) is 9.53 Å². The molecule has 1 unspecified atom stereocenters. The maximum Gasteiger partial charge on any atom is 0.414 e. The Kier molecular flexibility index (Phi) is 7.10. The summed E-state index contributed by atoms with van der Waals surface area (Å²) in [4.78, 5) is 30.1. The zero-order valence-corrected chi connectivity index (χ0v) is 18.9. The first-order valence-electron chi connectivity index (χ1n) is 11.2. The summed E-state index contributed by atoms with van der Waals surface area (Å²) in [5.74, 6) is 0.187. The third kappa shape index (κ3) is 5.29. The first kappa shape index (κ1) is 22.7. The number of ether oxygens (including phenoxy) is 1. The Balaban J connectivity index is 1.32. The molecule has 0 bridgehead atoms. The number of carbonyl (C=O) groups is 2. The van der Waals surface area contributed by atoms with E-state index in [2.05, 4.69) is 10.2 Å². The van der Waals surface area contributed by atoms with Crippen LogP contribution >= 0.6 is 12.2 Å². The van der Waals surface area contributed by atoms with Gasteiger partial charge in [0.2, 0.25) is 0 Å². The number of rotatable bonds is 6. The molecule has 4 rings (SSSR count). The van der Waals surface area contributed by atoms with Gasteiger partial charge in [-0.3, -0.25) is 14.6 Å². The van der Waals surface area contributed by atoms with Gasteiger partial charge in [0.15, 0.2) is 5.11 Å². The first-order chi connectivity index (χ1) is 15.4. The van der Waals surface area contributed by atoms with Crippen LogP contribution in [0.4, 0.5) is 20.6 Å². The molecule has 174 valence electrons. The van der Waals surface area contributed by atoms with Crippen LogP contribution in [0.2, 0.25) is 0 Å². The normalized spacial score (nSPS) is 24.5. The maximum absolute atomic E-state index is 15.0. The van der Waals surface area contributed by atoms with Gasteiger partial charge in [0.1, 0.15) is 17.7 Å². The van der Waals surface area contributed by atoms with Gasteiger partial charge in [0.25, 0.3) is 0 Å². The van der Waals surface area contributed by atoms with Crippen LogP contribution in [0.5, 0.6) is 0 Å². The van der Waals surface area contributed by atoms with E-state index in [0.717, 1.165) is 38.9 Å². The third-order valence-corrected chi connectivity index (χ3v) is 6.64. The van der Waals surface area contributed by atoms with E-state index in [4.69, 9.17) is 22.7 Å². The lowest BCUT2D eigenvalue weighted by molar-refractivity contribution is -0.125. The maximum atomic E-state index is 15.0. The molecular formula is C22H30FN5O3S. The number of thiocarbonyl (C=S) groups is 1. The number of Topliss-reactive ketones (excluding diaryl/α,β-unsaturated/α-hetero) is 1. The minimum atomic E-state index is -0.516. The number of anilines is 2. The van der Waals surface area contributed by atoms with Crippen LogP contribution in [-0.4, -0.2) is 73.8 Å². The number of amides is 1. The Morgan fingerprint density at radius 3 is 2.69 bits per heavy atom. The first-order valence-corrected chi connectivity index (χ1v) is 11.6. The molecule has 1 saturated carbocycles. The van der Waals surface area contributed by atoms with Crippen LogP contribution in [0.25, 0.3) is 0 Å². The average molecular weight is 464 g/mol. The molecule has 1 aromatic rings. The Labute approximate surface area is 192 Å². The van der Waals surface area contributed by atoms with E-state index in [9.17, 15) is 14.0 Å². The Bertz CT molecular complexity index is 877. The van der Waals surface area contributed by atoms with Crippen molar-refractivity contribution in [1.29, 1.82) is 0 Å². The molecule has 3 fully saturated rings. The summed E-state index contributed by atoms with van der Waals surface area (Å²) in [5.41, 5.74) is 6.40. The van der Waals surface area contributed by atoms with Gasteiger partial charge in [-0.1, -0.05) is 6.42 Å². The molecular weight excluding hydrogens is 433 g/mol. The van der Waals surface area contributed by atoms with Crippen LogP contribution in [0, 0.1) is 11.7 Å². The third-order valence-electron chi connectivity index (χ3n) is 6.49. The number of benzene rings is 1. The van der Waals surface area contributed by atoms with Gasteiger partial charge in [-0.25, -0.2) is 9.18 Å². The molecule has 10 heteroatoms. The minimum Gasteiger partial charge on any atom is -0.442 e. The summed E-state index contributed by atoms with van der Waals surface area (Å²) < 4.78 is 20.3. The predicted molar refractivity (Wildman–Crippen MR) is 124 cm³/mol. The number of nitrogens with one attached hydrogen (secondary N) is 1. The molecule has 2 aliphatic heterocycles. The highest BCUT2D eigenvalue weighted by atomic mass is 32.1. The van der Waals surface area contributed by atoms with Gasteiger partial charge in [-0.2, -0.15) is 0 Å². The number of nitrogens with two attached hydrogens (primary N) is 1. The fourth-order valence-corrected chi connectivity index (χ4v) is 4.79. The lowest BCUT2D eigenvalue weighted by Crippen LogP contribution is -2.49. The van der Waals surface area contributed by atoms with Crippen LogP contribution in [0.3, 0.4) is 0 Å². The standard InChI is InChI=1S/C22H30FN5O3S/c23-18-11-16(28-14-17(31-22(28)30)12-25-21(24)32)5-6-19(18)27-9-7-26(8-10-27)13-15-3-1-2-4-20(15)29/h5-6,11,15,17H,1-4,7-10,12-14H2,(H3,24,25,32)/t15?,17-/m0/s1. The number of carbonyl (C=O) groups excluding carboxylic acids is 2. The van der Waals surface area contributed by atoms with Crippen molar-refractivity contribution < 1.29 is 18.7 Å². The molecule has 3 N–H and O–H groups in total. The van der Waals surface area contributed by atoms with E-state index < -0.39 is 12.2 Å². The van der Waals surface area contributed by atoms with E-state index in [1.807, 2.05) is 4.90 Å². The van der Waals surface area contributed by atoms with Crippen molar-refractivity contribution >= 4 is 40.6 Å². The zero-order chi connectivity index (χ0) is 22.7. The molecule has 1 amide bonds. The van der Waals surface area contributed by atoms with Crippen LogP contribution in [0.15, 0.2) is 18.2 Å². The van der Waals surface area contributed by atoms with Crippen molar-refractivity contribution in [3.63, 3.8) is 0 Å². The number of nitrogens with zero attached hydrogens (tertiary/aromatic N) is 3. The molecule has 1 aliphatic carbocycles. The van der Waals surface area contributed by atoms with Gasteiger partial charge in [0, 0.05) is 45.1 Å². The second-order valence-electron chi connectivity index (χ2n) is 8.69. The summed E-state index contributed by atoms with van der Waals surface area (Å²) >= 11 is 4.77. The van der Waals surface area contributed by atoms with Gasteiger partial charge in [-0.15, -0.1) is 0 Å². The molecule has 1 aromatic carbocycles. The fraction of sp³-hybridized carbons (Fsp3) is 0.591. The van der Waals surface area contributed by atoms with Crippen molar-refractivity contribution in [2.75, 3.05) is 55.6 Å². The van der Waals surface area contributed by atoms with E-state index in [1.165, 1.54) is 11.0 Å². The van der Waals surface area contributed by atoms with Crippen molar-refractivity contribution in [2.24, 2.45) is 11.7 Å². The highest BCUT2D eigenvalue weighted by Crippen LogP contribution is 2.29. The second-order valence-corrected chi connectivity index (χ2v) is 9.13. The number of halogens is 1. The quantitative estimate of drug-likeness (QED) is 0.618. The van der Waals surface area contributed by atoms with E-state index >= 15 is 0 Å². The number of cyclic esters (lactones) is 1. The van der Waals surface area contributed by atoms with Gasteiger partial charge in [-0.05, 0) is 43.3 Å². The van der Waals surface area contributed by atoms with E-state index in [1.54, 1.807) is 12.1 Å². The molecule has 2 saturated heterocycles. The molecule has 0 spiro atoms. The molecule has 3 aliphatic rings. The largest absolute Gasteiger partial charge is 0.442 e.